The van der Waals surface area contributed by atoms with Crippen molar-refractivity contribution in [2.75, 3.05) is 0 Å². The Balaban J connectivity index is 2.96. The molecule has 1 aromatic carbocycles. The van der Waals surface area contributed by atoms with E-state index in [9.17, 15) is 13.2 Å². The van der Waals surface area contributed by atoms with E-state index in [4.69, 9.17) is 17.3 Å². The molecular formula is C10H9ClF3NO. The average Bonchev–Trinajstić information content (AvgIpc) is 2.18. The molecule has 0 radical (unpaired) electrons. The molecule has 0 aliphatic heterocycles. The van der Waals surface area contributed by atoms with E-state index in [0.717, 1.165) is 6.07 Å². The fourth-order valence-corrected chi connectivity index (χ4v) is 1.30. The lowest BCUT2D eigenvalue weighted by Gasteiger charge is -2.12. The molecule has 0 fully saturated rings. The standard InChI is InChI=1S/C10H9ClF3NO/c1-2-8(15)6-3-4-9(7(11)5-6)16-10(12,13)14/h2-5,8H,1,15H2/t8-/m1/s1. The van der Waals surface area contributed by atoms with Crippen LogP contribution in [-0.4, -0.2) is 6.36 Å². The van der Waals surface area contributed by atoms with Crippen LogP contribution in [0.3, 0.4) is 0 Å². The molecule has 0 bridgehead atoms. The summed E-state index contributed by atoms with van der Waals surface area (Å²) in [4.78, 5) is 0. The van der Waals surface area contributed by atoms with E-state index in [2.05, 4.69) is 11.3 Å². The molecule has 2 N–H and O–H groups in total. The second-order valence-electron chi connectivity index (χ2n) is 3.00. The fourth-order valence-electron chi connectivity index (χ4n) is 1.07. The molecule has 0 aliphatic rings. The Kier molecular flexibility index (Phi) is 3.83. The van der Waals surface area contributed by atoms with Crippen molar-refractivity contribution in [3.8, 4) is 5.75 Å². The molecule has 0 aromatic heterocycles. The van der Waals surface area contributed by atoms with Crippen LogP contribution in [-0.2, 0) is 0 Å². The number of nitrogens with two attached hydrogens (primary N) is 1. The molecule has 1 atom stereocenters. The van der Waals surface area contributed by atoms with Crippen LogP contribution >= 0.6 is 11.6 Å². The highest BCUT2D eigenvalue weighted by Crippen LogP contribution is 2.31. The minimum atomic E-state index is -4.76. The van der Waals surface area contributed by atoms with Crippen molar-refractivity contribution >= 4 is 11.6 Å². The van der Waals surface area contributed by atoms with E-state index in [1.807, 2.05) is 0 Å². The van der Waals surface area contributed by atoms with E-state index in [-0.39, 0.29) is 5.02 Å². The first-order valence-electron chi connectivity index (χ1n) is 4.27. The van der Waals surface area contributed by atoms with Gasteiger partial charge in [0.2, 0.25) is 0 Å². The van der Waals surface area contributed by atoms with Crippen molar-refractivity contribution in [1.29, 1.82) is 0 Å². The Bertz CT molecular complexity index is 392. The Morgan fingerprint density at radius 1 is 1.44 bits per heavy atom. The van der Waals surface area contributed by atoms with Crippen molar-refractivity contribution in [3.05, 3.63) is 41.4 Å². The second kappa shape index (κ2) is 4.76. The minimum absolute atomic E-state index is 0.146. The van der Waals surface area contributed by atoms with Gasteiger partial charge in [0, 0.05) is 6.04 Å². The van der Waals surface area contributed by atoms with Gasteiger partial charge in [0.1, 0.15) is 5.75 Å². The minimum Gasteiger partial charge on any atom is -0.404 e. The number of hydrogen-bond acceptors (Lipinski definition) is 2. The Hall–Kier alpha value is -1.20. The summed E-state index contributed by atoms with van der Waals surface area (Å²) >= 11 is 5.62. The molecule has 0 amide bonds. The van der Waals surface area contributed by atoms with Crippen LogP contribution in [0.5, 0.6) is 5.75 Å². The number of alkyl halides is 3. The topological polar surface area (TPSA) is 35.2 Å². The number of halogens is 4. The van der Waals surface area contributed by atoms with Crippen LogP contribution < -0.4 is 10.5 Å². The third-order valence-corrected chi connectivity index (χ3v) is 2.12. The number of ether oxygens (including phenoxy) is 1. The van der Waals surface area contributed by atoms with Crippen LogP contribution in [0.2, 0.25) is 5.02 Å². The maximum atomic E-state index is 11.9. The first-order valence-corrected chi connectivity index (χ1v) is 4.64. The molecular weight excluding hydrogens is 243 g/mol. The highest BCUT2D eigenvalue weighted by atomic mass is 35.5. The molecule has 1 aromatic rings. The number of rotatable bonds is 3. The molecule has 0 saturated heterocycles. The lowest BCUT2D eigenvalue weighted by molar-refractivity contribution is -0.274. The van der Waals surface area contributed by atoms with Crippen molar-refractivity contribution in [2.45, 2.75) is 12.4 Å². The largest absolute Gasteiger partial charge is 0.573 e. The summed E-state index contributed by atoms with van der Waals surface area (Å²) in [7, 11) is 0. The van der Waals surface area contributed by atoms with Gasteiger partial charge in [0.15, 0.2) is 0 Å². The molecule has 0 unspecified atom stereocenters. The summed E-state index contributed by atoms with van der Waals surface area (Å²) in [6, 6.07) is 3.36. The summed E-state index contributed by atoms with van der Waals surface area (Å²) in [5, 5.41) is -0.146. The quantitative estimate of drug-likeness (QED) is 0.836. The smallest absolute Gasteiger partial charge is 0.404 e. The molecule has 0 saturated carbocycles. The zero-order valence-electron chi connectivity index (χ0n) is 8.09. The van der Waals surface area contributed by atoms with Gasteiger partial charge in [-0.05, 0) is 17.7 Å². The lowest BCUT2D eigenvalue weighted by Crippen LogP contribution is -2.17. The monoisotopic (exact) mass is 251 g/mol. The van der Waals surface area contributed by atoms with Crippen LogP contribution in [0.1, 0.15) is 11.6 Å². The maximum Gasteiger partial charge on any atom is 0.573 e. The Labute approximate surface area is 95.5 Å². The lowest BCUT2D eigenvalue weighted by atomic mass is 10.1. The van der Waals surface area contributed by atoms with Gasteiger partial charge in [-0.25, -0.2) is 0 Å². The van der Waals surface area contributed by atoms with E-state index in [1.165, 1.54) is 18.2 Å². The van der Waals surface area contributed by atoms with Crippen LogP contribution in [0, 0.1) is 0 Å². The first-order chi connectivity index (χ1) is 7.33. The number of benzene rings is 1. The summed E-state index contributed by atoms with van der Waals surface area (Å²) < 4.78 is 39.5. The molecule has 0 spiro atoms. The highest BCUT2D eigenvalue weighted by molar-refractivity contribution is 6.32. The van der Waals surface area contributed by atoms with E-state index >= 15 is 0 Å². The predicted molar refractivity (Wildman–Crippen MR) is 55.3 cm³/mol. The molecule has 2 nitrogen and oxygen atoms in total. The molecule has 0 aliphatic carbocycles. The van der Waals surface area contributed by atoms with Gasteiger partial charge in [-0.2, -0.15) is 0 Å². The van der Waals surface area contributed by atoms with Crippen molar-refractivity contribution in [1.82, 2.24) is 0 Å². The predicted octanol–water partition coefficient (Wildman–Crippen LogP) is 3.42. The summed E-state index contributed by atoms with van der Waals surface area (Å²) in [5.41, 5.74) is 6.17. The van der Waals surface area contributed by atoms with Gasteiger partial charge in [-0.1, -0.05) is 23.7 Å². The molecule has 88 valence electrons. The average molecular weight is 252 g/mol. The van der Waals surface area contributed by atoms with E-state index in [1.54, 1.807) is 0 Å². The highest BCUT2D eigenvalue weighted by Gasteiger charge is 2.32. The molecule has 0 heterocycles. The molecule has 1 rings (SSSR count). The van der Waals surface area contributed by atoms with Crippen LogP contribution in [0.25, 0.3) is 0 Å². The summed E-state index contributed by atoms with van der Waals surface area (Å²) in [6.45, 7) is 3.47. The summed E-state index contributed by atoms with van der Waals surface area (Å²) in [6.07, 6.45) is -3.30. The fraction of sp³-hybridized carbons (Fsp3) is 0.200. The van der Waals surface area contributed by atoms with Crippen molar-refractivity contribution < 1.29 is 17.9 Å². The van der Waals surface area contributed by atoms with Crippen molar-refractivity contribution in [2.24, 2.45) is 5.73 Å². The molecule has 16 heavy (non-hydrogen) atoms. The number of hydrogen-bond donors (Lipinski definition) is 1. The van der Waals surface area contributed by atoms with Gasteiger partial charge in [0.05, 0.1) is 5.02 Å². The SMILES string of the molecule is C=C[C@@H](N)c1ccc(OC(F)(F)F)c(Cl)c1. The zero-order valence-corrected chi connectivity index (χ0v) is 8.85. The zero-order chi connectivity index (χ0) is 12.3. The van der Waals surface area contributed by atoms with E-state index in [0.29, 0.717) is 5.56 Å². The van der Waals surface area contributed by atoms with Gasteiger partial charge in [-0.3, -0.25) is 0 Å². The summed E-state index contributed by atoms with van der Waals surface area (Å²) in [5.74, 6) is -0.450. The van der Waals surface area contributed by atoms with Gasteiger partial charge in [0.25, 0.3) is 0 Å². The Morgan fingerprint density at radius 2 is 2.06 bits per heavy atom. The molecule has 6 heteroatoms. The second-order valence-corrected chi connectivity index (χ2v) is 3.41. The Morgan fingerprint density at radius 3 is 2.50 bits per heavy atom. The van der Waals surface area contributed by atoms with Gasteiger partial charge >= 0.3 is 6.36 Å². The normalized spacial score (nSPS) is 13.3. The van der Waals surface area contributed by atoms with Gasteiger partial charge < -0.3 is 10.5 Å². The van der Waals surface area contributed by atoms with Crippen LogP contribution in [0.15, 0.2) is 30.9 Å². The third-order valence-electron chi connectivity index (χ3n) is 1.82. The third kappa shape index (κ3) is 3.43. The van der Waals surface area contributed by atoms with Gasteiger partial charge in [-0.15, -0.1) is 19.8 Å². The van der Waals surface area contributed by atoms with Crippen LogP contribution in [0.4, 0.5) is 13.2 Å². The maximum absolute atomic E-state index is 11.9. The van der Waals surface area contributed by atoms with Crippen molar-refractivity contribution in [3.63, 3.8) is 0 Å². The van der Waals surface area contributed by atoms with E-state index < -0.39 is 18.2 Å². The first kappa shape index (κ1) is 12.9.